The molecule has 0 spiro atoms. The normalized spacial score (nSPS) is 17.2. The number of halogens is 1. The number of nitrogens with zero attached hydrogens (tertiary/aromatic N) is 3. The summed E-state index contributed by atoms with van der Waals surface area (Å²) in [6, 6.07) is 1.85. The molecule has 23 heavy (non-hydrogen) atoms. The Labute approximate surface area is 139 Å². The lowest BCUT2D eigenvalue weighted by atomic mass is 10.2. The quantitative estimate of drug-likeness (QED) is 0.822. The van der Waals surface area contributed by atoms with Crippen LogP contribution in [0.2, 0.25) is 5.02 Å². The molecule has 3 rings (SSSR count). The van der Waals surface area contributed by atoms with Crippen molar-refractivity contribution in [2.75, 3.05) is 13.1 Å². The number of nitrogens with one attached hydrogen (secondary N) is 2. The Bertz CT molecular complexity index is 669. The highest BCUT2D eigenvalue weighted by Crippen LogP contribution is 2.19. The van der Waals surface area contributed by atoms with E-state index in [9.17, 15) is 4.79 Å². The first kappa shape index (κ1) is 15.8. The fourth-order valence-electron chi connectivity index (χ4n) is 2.39. The highest BCUT2D eigenvalue weighted by atomic mass is 35.5. The molecule has 1 aliphatic rings. The zero-order valence-electron chi connectivity index (χ0n) is 12.5. The van der Waals surface area contributed by atoms with Gasteiger partial charge in [0.1, 0.15) is 18.4 Å². The van der Waals surface area contributed by atoms with E-state index in [1.165, 1.54) is 10.9 Å². The van der Waals surface area contributed by atoms with Gasteiger partial charge in [0.15, 0.2) is 0 Å². The molecule has 1 saturated heterocycles. The van der Waals surface area contributed by atoms with Gasteiger partial charge >= 0.3 is 0 Å². The van der Waals surface area contributed by atoms with Crippen LogP contribution in [0, 0.1) is 0 Å². The molecule has 2 aromatic heterocycles. The minimum Gasteiger partial charge on any atom is -0.487 e. The first-order chi connectivity index (χ1) is 11.2. The lowest BCUT2D eigenvalue weighted by Crippen LogP contribution is -2.28. The van der Waals surface area contributed by atoms with Gasteiger partial charge in [0.05, 0.1) is 17.4 Å². The SMILES string of the molecule is O=C(Cn1cc(Cl)cn1)NCc1ccncc1O[C@H]1CCNC1. The zero-order valence-corrected chi connectivity index (χ0v) is 13.3. The molecule has 8 heteroatoms. The summed E-state index contributed by atoms with van der Waals surface area (Å²) in [5.41, 5.74) is 0.902. The van der Waals surface area contributed by atoms with Crippen LogP contribution < -0.4 is 15.4 Å². The van der Waals surface area contributed by atoms with Gasteiger partial charge in [-0.3, -0.25) is 14.5 Å². The first-order valence-corrected chi connectivity index (χ1v) is 7.83. The number of hydrogen-bond donors (Lipinski definition) is 2. The summed E-state index contributed by atoms with van der Waals surface area (Å²) < 4.78 is 7.44. The van der Waals surface area contributed by atoms with E-state index >= 15 is 0 Å². The van der Waals surface area contributed by atoms with Crippen molar-refractivity contribution in [3.8, 4) is 5.75 Å². The van der Waals surface area contributed by atoms with E-state index in [-0.39, 0.29) is 18.6 Å². The number of ether oxygens (including phenoxy) is 1. The van der Waals surface area contributed by atoms with Gasteiger partial charge in [-0.1, -0.05) is 11.6 Å². The number of hydrogen-bond acceptors (Lipinski definition) is 5. The standard InChI is InChI=1S/C15H18ClN5O2/c16-12-6-20-21(9-12)10-15(22)19-5-11-1-3-18-8-14(11)23-13-2-4-17-7-13/h1,3,6,8-9,13,17H,2,4-5,7,10H2,(H,19,22)/t13-/m0/s1. The Kier molecular flexibility index (Phi) is 5.09. The molecule has 1 aliphatic heterocycles. The first-order valence-electron chi connectivity index (χ1n) is 7.45. The van der Waals surface area contributed by atoms with Gasteiger partial charge in [-0.2, -0.15) is 5.10 Å². The van der Waals surface area contributed by atoms with Gasteiger partial charge in [-0.25, -0.2) is 0 Å². The molecule has 1 amide bonds. The van der Waals surface area contributed by atoms with Gasteiger partial charge in [-0.15, -0.1) is 0 Å². The minimum atomic E-state index is -0.143. The largest absolute Gasteiger partial charge is 0.487 e. The van der Waals surface area contributed by atoms with Crippen molar-refractivity contribution in [2.24, 2.45) is 0 Å². The molecule has 122 valence electrons. The van der Waals surface area contributed by atoms with Gasteiger partial charge < -0.3 is 15.4 Å². The molecule has 2 N–H and O–H groups in total. The fraction of sp³-hybridized carbons (Fsp3) is 0.400. The van der Waals surface area contributed by atoms with Crippen LogP contribution >= 0.6 is 11.6 Å². The van der Waals surface area contributed by atoms with E-state index in [0.717, 1.165) is 25.1 Å². The lowest BCUT2D eigenvalue weighted by molar-refractivity contribution is -0.122. The van der Waals surface area contributed by atoms with Crippen LogP contribution in [0.25, 0.3) is 0 Å². The van der Waals surface area contributed by atoms with Crippen molar-refractivity contribution in [3.05, 3.63) is 41.4 Å². The maximum absolute atomic E-state index is 12.0. The summed E-state index contributed by atoms with van der Waals surface area (Å²) >= 11 is 5.77. The zero-order chi connectivity index (χ0) is 16.1. The Balaban J connectivity index is 1.55. The van der Waals surface area contributed by atoms with Crippen molar-refractivity contribution < 1.29 is 9.53 Å². The molecule has 0 unspecified atom stereocenters. The molecule has 3 heterocycles. The molecule has 1 atom stereocenters. The topological polar surface area (TPSA) is 81.1 Å². The molecule has 2 aromatic rings. The number of carbonyl (C=O) groups excluding carboxylic acids is 1. The second kappa shape index (κ2) is 7.43. The van der Waals surface area contributed by atoms with Crippen molar-refractivity contribution in [1.29, 1.82) is 0 Å². The van der Waals surface area contributed by atoms with E-state index in [4.69, 9.17) is 16.3 Å². The van der Waals surface area contributed by atoms with E-state index in [0.29, 0.717) is 17.3 Å². The maximum Gasteiger partial charge on any atom is 0.242 e. The average Bonchev–Trinajstić information content (AvgIpc) is 3.18. The molecule has 0 aromatic carbocycles. The summed E-state index contributed by atoms with van der Waals surface area (Å²) in [5.74, 6) is 0.568. The number of aromatic nitrogens is 3. The van der Waals surface area contributed by atoms with Crippen molar-refractivity contribution >= 4 is 17.5 Å². The highest BCUT2D eigenvalue weighted by molar-refractivity contribution is 6.30. The Morgan fingerprint density at radius 3 is 3.17 bits per heavy atom. The summed E-state index contributed by atoms with van der Waals surface area (Å²) in [7, 11) is 0. The molecule has 0 radical (unpaired) electrons. The molecule has 0 bridgehead atoms. The fourth-order valence-corrected chi connectivity index (χ4v) is 2.55. The van der Waals surface area contributed by atoms with E-state index in [2.05, 4.69) is 20.7 Å². The van der Waals surface area contributed by atoms with Gasteiger partial charge in [0, 0.05) is 31.0 Å². The van der Waals surface area contributed by atoms with Crippen LogP contribution in [-0.4, -0.2) is 39.9 Å². The van der Waals surface area contributed by atoms with Crippen LogP contribution in [0.3, 0.4) is 0 Å². The monoisotopic (exact) mass is 335 g/mol. The van der Waals surface area contributed by atoms with Crippen LogP contribution in [-0.2, 0) is 17.9 Å². The Morgan fingerprint density at radius 2 is 2.43 bits per heavy atom. The maximum atomic E-state index is 12.0. The molecular weight excluding hydrogens is 318 g/mol. The number of pyridine rings is 1. The smallest absolute Gasteiger partial charge is 0.242 e. The van der Waals surface area contributed by atoms with Crippen LogP contribution in [0.1, 0.15) is 12.0 Å². The molecular formula is C15H18ClN5O2. The van der Waals surface area contributed by atoms with Gasteiger partial charge in [-0.05, 0) is 19.0 Å². The summed E-state index contributed by atoms with van der Waals surface area (Å²) in [6.07, 6.45) is 7.61. The second-order valence-corrected chi connectivity index (χ2v) is 5.79. The third-order valence-corrected chi connectivity index (χ3v) is 3.76. The van der Waals surface area contributed by atoms with Gasteiger partial charge in [0.25, 0.3) is 0 Å². The Hall–Kier alpha value is -2.12. The van der Waals surface area contributed by atoms with Crippen LogP contribution in [0.15, 0.2) is 30.9 Å². The van der Waals surface area contributed by atoms with Crippen molar-refractivity contribution in [2.45, 2.75) is 25.6 Å². The van der Waals surface area contributed by atoms with E-state index in [1.807, 2.05) is 6.07 Å². The predicted octanol–water partition coefficient (Wildman–Crippen LogP) is 0.989. The molecule has 0 aliphatic carbocycles. The second-order valence-electron chi connectivity index (χ2n) is 5.35. The van der Waals surface area contributed by atoms with Gasteiger partial charge in [0.2, 0.25) is 5.91 Å². The number of amides is 1. The van der Waals surface area contributed by atoms with E-state index < -0.39 is 0 Å². The minimum absolute atomic E-state index is 0.126. The molecule has 1 fully saturated rings. The molecule has 0 saturated carbocycles. The third-order valence-electron chi connectivity index (χ3n) is 3.56. The number of rotatable bonds is 6. The average molecular weight is 336 g/mol. The highest BCUT2D eigenvalue weighted by Gasteiger charge is 2.17. The summed E-state index contributed by atoms with van der Waals surface area (Å²) in [6.45, 7) is 2.30. The third kappa shape index (κ3) is 4.43. The summed E-state index contributed by atoms with van der Waals surface area (Å²) in [4.78, 5) is 16.1. The lowest BCUT2D eigenvalue weighted by Gasteiger charge is -2.15. The Morgan fingerprint density at radius 1 is 1.52 bits per heavy atom. The predicted molar refractivity (Wildman–Crippen MR) is 85.2 cm³/mol. The molecule has 7 nitrogen and oxygen atoms in total. The van der Waals surface area contributed by atoms with Crippen molar-refractivity contribution in [3.63, 3.8) is 0 Å². The van der Waals surface area contributed by atoms with Crippen LogP contribution in [0.4, 0.5) is 0 Å². The number of carbonyl (C=O) groups is 1. The van der Waals surface area contributed by atoms with Crippen molar-refractivity contribution in [1.82, 2.24) is 25.4 Å². The summed E-state index contributed by atoms with van der Waals surface area (Å²) in [5, 5.41) is 10.6. The van der Waals surface area contributed by atoms with E-state index in [1.54, 1.807) is 18.6 Å². The van der Waals surface area contributed by atoms with Crippen LogP contribution in [0.5, 0.6) is 5.75 Å².